The van der Waals surface area contributed by atoms with Crippen LogP contribution in [0.3, 0.4) is 0 Å². The molecule has 5 heteroatoms. The van der Waals surface area contributed by atoms with Crippen LogP contribution < -0.4 is 10.6 Å². The topological polar surface area (TPSA) is 68.2 Å². The molecular formula is C15H18N4O. The van der Waals surface area contributed by atoms with Crippen molar-refractivity contribution in [1.29, 1.82) is 5.26 Å². The molecular weight excluding hydrogens is 252 g/mol. The average molecular weight is 270 g/mol. The number of nitriles is 1. The summed E-state index contributed by atoms with van der Waals surface area (Å²) in [4.78, 5) is 14.3. The molecule has 1 aromatic rings. The van der Waals surface area contributed by atoms with Gasteiger partial charge in [-0.15, -0.1) is 0 Å². The first-order valence-electron chi connectivity index (χ1n) is 7.10. The molecule has 0 unspecified atom stereocenters. The van der Waals surface area contributed by atoms with Crippen LogP contribution in [-0.4, -0.2) is 36.6 Å². The summed E-state index contributed by atoms with van der Waals surface area (Å²) in [7, 11) is 0. The van der Waals surface area contributed by atoms with Gasteiger partial charge >= 0.3 is 6.03 Å². The van der Waals surface area contributed by atoms with Gasteiger partial charge in [-0.05, 0) is 50.0 Å². The fourth-order valence-electron chi connectivity index (χ4n) is 3.07. The molecule has 2 amide bonds. The number of carbonyl (C=O) groups excluding carboxylic acids is 1. The van der Waals surface area contributed by atoms with Gasteiger partial charge in [0.2, 0.25) is 0 Å². The third-order valence-corrected chi connectivity index (χ3v) is 4.15. The number of piperidine rings is 1. The van der Waals surface area contributed by atoms with Crippen molar-refractivity contribution in [2.24, 2.45) is 0 Å². The number of anilines is 1. The van der Waals surface area contributed by atoms with Crippen molar-refractivity contribution < 1.29 is 4.79 Å². The van der Waals surface area contributed by atoms with E-state index in [9.17, 15) is 10.1 Å². The molecule has 0 bridgehead atoms. The molecule has 1 fully saturated rings. The Morgan fingerprint density at radius 1 is 1.30 bits per heavy atom. The predicted molar refractivity (Wildman–Crippen MR) is 76.5 cm³/mol. The van der Waals surface area contributed by atoms with Crippen LogP contribution in [0.25, 0.3) is 0 Å². The van der Waals surface area contributed by atoms with Crippen LogP contribution in [0.15, 0.2) is 18.2 Å². The van der Waals surface area contributed by atoms with Crippen molar-refractivity contribution in [2.75, 3.05) is 25.0 Å². The van der Waals surface area contributed by atoms with E-state index in [1.807, 2.05) is 23.1 Å². The van der Waals surface area contributed by atoms with Gasteiger partial charge in [0, 0.05) is 18.3 Å². The monoisotopic (exact) mass is 270 g/mol. The molecule has 1 aromatic carbocycles. The molecule has 0 radical (unpaired) electrons. The molecule has 0 atom stereocenters. The first kappa shape index (κ1) is 12.9. The molecule has 3 rings (SSSR count). The summed E-state index contributed by atoms with van der Waals surface area (Å²) >= 11 is 0. The van der Waals surface area contributed by atoms with Gasteiger partial charge in [0.1, 0.15) is 0 Å². The third kappa shape index (κ3) is 2.35. The van der Waals surface area contributed by atoms with E-state index in [2.05, 4.69) is 16.7 Å². The molecule has 5 nitrogen and oxygen atoms in total. The van der Waals surface area contributed by atoms with E-state index >= 15 is 0 Å². The number of hydrogen-bond donors (Lipinski definition) is 2. The molecule has 2 heterocycles. The van der Waals surface area contributed by atoms with E-state index in [0.29, 0.717) is 18.2 Å². The summed E-state index contributed by atoms with van der Waals surface area (Å²) < 4.78 is 0. The summed E-state index contributed by atoms with van der Waals surface area (Å²) in [6.07, 6.45) is 2.73. The Kier molecular flexibility index (Phi) is 3.57. The highest BCUT2D eigenvalue weighted by atomic mass is 16.2. The van der Waals surface area contributed by atoms with Gasteiger partial charge in [-0.25, -0.2) is 4.79 Å². The lowest BCUT2D eigenvalue weighted by atomic mass is 10.0. The van der Waals surface area contributed by atoms with Crippen LogP contribution in [0, 0.1) is 11.3 Å². The van der Waals surface area contributed by atoms with Crippen molar-refractivity contribution in [3.05, 3.63) is 29.3 Å². The second-order valence-corrected chi connectivity index (χ2v) is 5.30. The Hall–Kier alpha value is -2.06. The second-order valence-electron chi connectivity index (χ2n) is 5.30. The zero-order valence-corrected chi connectivity index (χ0v) is 11.4. The standard InChI is InChI=1S/C15H18N4O/c16-10-11-2-1-3-14-13(11)6-9-19(15(20)18-14)12-4-7-17-8-5-12/h1-3,12,17H,4-9H2,(H,18,20). The number of urea groups is 1. The largest absolute Gasteiger partial charge is 0.322 e. The Balaban J connectivity index is 1.85. The zero-order chi connectivity index (χ0) is 13.9. The normalized spacial score (nSPS) is 19.8. The van der Waals surface area contributed by atoms with Crippen molar-refractivity contribution in [3.8, 4) is 6.07 Å². The van der Waals surface area contributed by atoms with Crippen LogP contribution in [0.1, 0.15) is 24.0 Å². The summed E-state index contributed by atoms with van der Waals surface area (Å²) in [6.45, 7) is 2.61. The molecule has 20 heavy (non-hydrogen) atoms. The van der Waals surface area contributed by atoms with E-state index in [1.54, 1.807) is 0 Å². The average Bonchev–Trinajstić information content (AvgIpc) is 2.66. The van der Waals surface area contributed by atoms with Crippen molar-refractivity contribution in [2.45, 2.75) is 25.3 Å². The lowest BCUT2D eigenvalue weighted by molar-refractivity contribution is 0.173. The van der Waals surface area contributed by atoms with Gasteiger partial charge in [0.15, 0.2) is 0 Å². The fraction of sp³-hybridized carbons (Fsp3) is 0.467. The molecule has 2 aliphatic rings. The molecule has 0 saturated carbocycles. The number of amides is 2. The van der Waals surface area contributed by atoms with Gasteiger partial charge in [0.25, 0.3) is 0 Å². The lowest BCUT2D eigenvalue weighted by Crippen LogP contribution is -2.47. The molecule has 1 saturated heterocycles. The van der Waals surface area contributed by atoms with Crippen LogP contribution in [-0.2, 0) is 6.42 Å². The summed E-state index contributed by atoms with van der Waals surface area (Å²) in [5.74, 6) is 0. The van der Waals surface area contributed by atoms with Crippen molar-refractivity contribution in [3.63, 3.8) is 0 Å². The highest BCUT2D eigenvalue weighted by Gasteiger charge is 2.28. The maximum atomic E-state index is 12.4. The Morgan fingerprint density at radius 2 is 2.10 bits per heavy atom. The quantitative estimate of drug-likeness (QED) is 0.816. The molecule has 104 valence electrons. The number of hydrogen-bond acceptors (Lipinski definition) is 3. The maximum Gasteiger partial charge on any atom is 0.322 e. The van der Waals surface area contributed by atoms with Gasteiger partial charge in [-0.2, -0.15) is 5.26 Å². The highest BCUT2D eigenvalue weighted by Crippen LogP contribution is 2.25. The Morgan fingerprint density at radius 3 is 2.85 bits per heavy atom. The molecule has 0 aromatic heterocycles. The van der Waals surface area contributed by atoms with Gasteiger partial charge in [-0.1, -0.05) is 6.07 Å². The summed E-state index contributed by atoms with van der Waals surface area (Å²) in [6, 6.07) is 7.98. The lowest BCUT2D eigenvalue weighted by Gasteiger charge is -2.33. The van der Waals surface area contributed by atoms with E-state index < -0.39 is 0 Å². The third-order valence-electron chi connectivity index (χ3n) is 4.15. The minimum Gasteiger partial charge on any atom is -0.321 e. The van der Waals surface area contributed by atoms with E-state index in [1.165, 1.54) is 0 Å². The van der Waals surface area contributed by atoms with E-state index in [0.717, 1.165) is 43.6 Å². The van der Waals surface area contributed by atoms with Gasteiger partial charge < -0.3 is 15.5 Å². The van der Waals surface area contributed by atoms with Crippen LogP contribution >= 0.6 is 0 Å². The number of rotatable bonds is 1. The Bertz CT molecular complexity index is 557. The number of benzene rings is 1. The SMILES string of the molecule is N#Cc1cccc2c1CCN(C1CCNCC1)C(=O)N2. The molecule has 2 N–H and O–H groups in total. The van der Waals surface area contributed by atoms with Crippen LogP contribution in [0.2, 0.25) is 0 Å². The number of carbonyl (C=O) groups is 1. The minimum atomic E-state index is -0.0364. The zero-order valence-electron chi connectivity index (χ0n) is 11.4. The first-order chi connectivity index (χ1) is 9.79. The summed E-state index contributed by atoms with van der Waals surface area (Å²) in [5.41, 5.74) is 2.40. The van der Waals surface area contributed by atoms with Crippen LogP contribution in [0.4, 0.5) is 10.5 Å². The van der Waals surface area contributed by atoms with E-state index in [4.69, 9.17) is 0 Å². The molecule has 2 aliphatic heterocycles. The number of nitrogens with zero attached hydrogens (tertiary/aromatic N) is 2. The first-order valence-corrected chi connectivity index (χ1v) is 7.10. The number of nitrogens with one attached hydrogen (secondary N) is 2. The Labute approximate surface area is 118 Å². The van der Waals surface area contributed by atoms with Gasteiger partial charge in [-0.3, -0.25) is 0 Å². The highest BCUT2D eigenvalue weighted by molar-refractivity contribution is 5.91. The predicted octanol–water partition coefficient (Wildman–Crippen LogP) is 1.70. The smallest absolute Gasteiger partial charge is 0.321 e. The fourth-order valence-corrected chi connectivity index (χ4v) is 3.07. The van der Waals surface area contributed by atoms with E-state index in [-0.39, 0.29) is 6.03 Å². The maximum absolute atomic E-state index is 12.4. The molecule has 0 spiro atoms. The van der Waals surface area contributed by atoms with Crippen LogP contribution in [0.5, 0.6) is 0 Å². The number of fused-ring (bicyclic) bond motifs is 1. The van der Waals surface area contributed by atoms with Crippen molar-refractivity contribution >= 4 is 11.7 Å². The van der Waals surface area contributed by atoms with Crippen molar-refractivity contribution in [1.82, 2.24) is 10.2 Å². The molecule has 0 aliphatic carbocycles. The minimum absolute atomic E-state index is 0.0364. The second kappa shape index (κ2) is 5.51. The summed E-state index contributed by atoms with van der Waals surface area (Å²) in [5, 5.41) is 15.5. The van der Waals surface area contributed by atoms with Gasteiger partial charge in [0.05, 0.1) is 11.6 Å².